The molecule has 1 aliphatic rings. The Morgan fingerprint density at radius 2 is 2.17 bits per heavy atom. The molecule has 1 aromatic carbocycles. The number of ether oxygens (including phenoxy) is 2. The van der Waals surface area contributed by atoms with Gasteiger partial charge < -0.3 is 20.1 Å². The molecular weight excluding hydrogens is 310 g/mol. The minimum absolute atomic E-state index is 0.0862. The van der Waals surface area contributed by atoms with E-state index in [-0.39, 0.29) is 12.7 Å². The Morgan fingerprint density at radius 3 is 3.12 bits per heavy atom. The fourth-order valence-electron chi connectivity index (χ4n) is 2.47. The second kappa shape index (κ2) is 6.07. The molecule has 122 valence electrons. The Balaban J connectivity index is 1.32. The smallest absolute Gasteiger partial charge is 0.231 e. The van der Waals surface area contributed by atoms with Crippen molar-refractivity contribution in [1.29, 1.82) is 0 Å². The van der Waals surface area contributed by atoms with E-state index in [1.165, 1.54) is 0 Å². The van der Waals surface area contributed by atoms with Crippen LogP contribution < -0.4 is 20.1 Å². The number of anilines is 2. The van der Waals surface area contributed by atoms with Gasteiger partial charge in [-0.3, -0.25) is 14.2 Å². The fraction of sp³-hybridized carbons (Fsp3) is 0.188. The number of aromatic nitrogens is 3. The van der Waals surface area contributed by atoms with Gasteiger partial charge in [0, 0.05) is 37.1 Å². The summed E-state index contributed by atoms with van der Waals surface area (Å²) in [5.74, 6) is 2.07. The Hall–Kier alpha value is -3.29. The Morgan fingerprint density at radius 1 is 1.25 bits per heavy atom. The first kappa shape index (κ1) is 14.3. The molecule has 0 atom stereocenters. The van der Waals surface area contributed by atoms with Gasteiger partial charge in [0.1, 0.15) is 5.82 Å². The van der Waals surface area contributed by atoms with Crippen LogP contribution in [0.3, 0.4) is 0 Å². The Kier molecular flexibility index (Phi) is 3.62. The van der Waals surface area contributed by atoms with Crippen LogP contribution in [0.4, 0.5) is 11.5 Å². The van der Waals surface area contributed by atoms with Gasteiger partial charge in [-0.25, -0.2) is 4.98 Å². The highest BCUT2D eigenvalue weighted by Crippen LogP contribution is 2.34. The third-order valence-electron chi connectivity index (χ3n) is 3.63. The van der Waals surface area contributed by atoms with Gasteiger partial charge in [-0.1, -0.05) is 0 Å². The second-order valence-electron chi connectivity index (χ2n) is 5.24. The van der Waals surface area contributed by atoms with E-state index in [0.29, 0.717) is 30.2 Å². The maximum atomic E-state index is 12.0. The largest absolute Gasteiger partial charge is 0.454 e. The fourth-order valence-corrected chi connectivity index (χ4v) is 2.47. The molecule has 3 aromatic rings. The first-order valence-electron chi connectivity index (χ1n) is 7.50. The van der Waals surface area contributed by atoms with Crippen molar-refractivity contribution >= 4 is 23.1 Å². The predicted molar refractivity (Wildman–Crippen MR) is 87.3 cm³/mol. The van der Waals surface area contributed by atoms with Crippen LogP contribution in [0.5, 0.6) is 11.5 Å². The molecule has 0 fully saturated rings. The zero-order valence-corrected chi connectivity index (χ0v) is 12.7. The minimum Gasteiger partial charge on any atom is -0.454 e. The summed E-state index contributed by atoms with van der Waals surface area (Å²) in [7, 11) is 0. The van der Waals surface area contributed by atoms with Crippen LogP contribution in [0.15, 0.2) is 43.0 Å². The van der Waals surface area contributed by atoms with Gasteiger partial charge in [0.25, 0.3) is 0 Å². The molecule has 8 nitrogen and oxygen atoms in total. The highest BCUT2D eigenvalue weighted by Gasteiger charge is 2.14. The molecule has 1 amide bonds. The van der Waals surface area contributed by atoms with Crippen LogP contribution in [-0.4, -0.2) is 33.6 Å². The Bertz CT molecular complexity index is 892. The number of hydrogen-bond acceptors (Lipinski definition) is 6. The lowest BCUT2D eigenvalue weighted by Crippen LogP contribution is -2.16. The van der Waals surface area contributed by atoms with Crippen molar-refractivity contribution in [3.8, 4) is 11.5 Å². The summed E-state index contributed by atoms with van der Waals surface area (Å²) >= 11 is 0. The molecule has 0 saturated carbocycles. The average molecular weight is 325 g/mol. The van der Waals surface area contributed by atoms with Crippen molar-refractivity contribution in [1.82, 2.24) is 14.4 Å². The van der Waals surface area contributed by atoms with Gasteiger partial charge >= 0.3 is 0 Å². The van der Waals surface area contributed by atoms with Crippen molar-refractivity contribution in [2.24, 2.45) is 0 Å². The van der Waals surface area contributed by atoms with Crippen molar-refractivity contribution in [2.75, 3.05) is 24.0 Å². The maximum Gasteiger partial charge on any atom is 0.231 e. The SMILES string of the molecule is O=C(CCNc1cnc2cnccn12)Nc1ccc2c(c1)OCO2. The van der Waals surface area contributed by atoms with Crippen LogP contribution in [0.25, 0.3) is 5.65 Å². The number of imidazole rings is 1. The summed E-state index contributed by atoms with van der Waals surface area (Å²) in [5.41, 5.74) is 1.44. The average Bonchev–Trinajstić information content (AvgIpc) is 3.21. The number of carbonyl (C=O) groups is 1. The van der Waals surface area contributed by atoms with Crippen molar-refractivity contribution in [3.05, 3.63) is 43.0 Å². The topological polar surface area (TPSA) is 89.8 Å². The number of fused-ring (bicyclic) bond motifs is 2. The third kappa shape index (κ3) is 2.81. The summed E-state index contributed by atoms with van der Waals surface area (Å²) in [6.07, 6.45) is 7.22. The number of carbonyl (C=O) groups excluding carboxylic acids is 1. The Labute approximate surface area is 137 Å². The number of nitrogens with zero attached hydrogens (tertiary/aromatic N) is 3. The molecule has 0 bridgehead atoms. The highest BCUT2D eigenvalue weighted by atomic mass is 16.7. The van der Waals surface area contributed by atoms with Crippen LogP contribution in [0.1, 0.15) is 6.42 Å². The maximum absolute atomic E-state index is 12.0. The number of amides is 1. The summed E-state index contributed by atoms with van der Waals surface area (Å²) in [5, 5.41) is 6.04. The number of nitrogens with one attached hydrogen (secondary N) is 2. The number of benzene rings is 1. The monoisotopic (exact) mass is 325 g/mol. The van der Waals surface area contributed by atoms with Gasteiger partial charge in [0.15, 0.2) is 17.1 Å². The van der Waals surface area contributed by atoms with Gasteiger partial charge in [-0.2, -0.15) is 0 Å². The summed E-state index contributed by atoms with van der Waals surface area (Å²) < 4.78 is 12.4. The lowest BCUT2D eigenvalue weighted by atomic mass is 10.2. The standard InChI is InChI=1S/C16H15N5O3/c22-16(20-11-1-2-12-13(7-11)24-10-23-12)3-4-18-15-9-19-14-8-17-5-6-21(14)15/h1-2,5-9,18H,3-4,10H2,(H,20,22). The van der Waals surface area contributed by atoms with E-state index in [2.05, 4.69) is 20.6 Å². The van der Waals surface area contributed by atoms with E-state index in [1.807, 2.05) is 10.6 Å². The molecule has 4 rings (SSSR count). The van der Waals surface area contributed by atoms with Gasteiger partial charge in [0.2, 0.25) is 12.7 Å². The van der Waals surface area contributed by atoms with E-state index in [1.54, 1.807) is 36.8 Å². The molecule has 0 unspecified atom stereocenters. The molecule has 0 aliphatic carbocycles. The van der Waals surface area contributed by atoms with Crippen molar-refractivity contribution in [3.63, 3.8) is 0 Å². The molecule has 3 heterocycles. The molecule has 2 N–H and O–H groups in total. The minimum atomic E-state index is -0.0862. The predicted octanol–water partition coefficient (Wildman–Crippen LogP) is 1.90. The molecular formula is C16H15N5O3. The first-order valence-corrected chi connectivity index (χ1v) is 7.50. The lowest BCUT2D eigenvalue weighted by molar-refractivity contribution is -0.115. The molecule has 1 aliphatic heterocycles. The van der Waals surface area contributed by atoms with Gasteiger partial charge in [-0.05, 0) is 12.1 Å². The van der Waals surface area contributed by atoms with E-state index < -0.39 is 0 Å². The van der Waals surface area contributed by atoms with Crippen LogP contribution in [0, 0.1) is 0 Å². The number of hydrogen-bond donors (Lipinski definition) is 2. The zero-order chi connectivity index (χ0) is 16.4. The highest BCUT2D eigenvalue weighted by molar-refractivity contribution is 5.91. The molecule has 24 heavy (non-hydrogen) atoms. The van der Waals surface area contributed by atoms with E-state index in [0.717, 1.165) is 11.5 Å². The third-order valence-corrected chi connectivity index (χ3v) is 3.63. The van der Waals surface area contributed by atoms with Crippen molar-refractivity contribution in [2.45, 2.75) is 6.42 Å². The zero-order valence-electron chi connectivity index (χ0n) is 12.7. The van der Waals surface area contributed by atoms with Crippen LogP contribution >= 0.6 is 0 Å². The first-order chi connectivity index (χ1) is 11.8. The summed E-state index contributed by atoms with van der Waals surface area (Å²) in [4.78, 5) is 20.3. The molecule has 0 saturated heterocycles. The van der Waals surface area contributed by atoms with Gasteiger partial charge in [0.05, 0.1) is 12.4 Å². The molecule has 2 aromatic heterocycles. The van der Waals surface area contributed by atoms with Gasteiger partial charge in [-0.15, -0.1) is 0 Å². The number of rotatable bonds is 5. The normalized spacial score (nSPS) is 12.3. The van der Waals surface area contributed by atoms with Crippen molar-refractivity contribution < 1.29 is 14.3 Å². The molecule has 0 radical (unpaired) electrons. The summed E-state index contributed by atoms with van der Waals surface area (Å²) in [6, 6.07) is 5.32. The molecule has 0 spiro atoms. The van der Waals surface area contributed by atoms with E-state index >= 15 is 0 Å². The second-order valence-corrected chi connectivity index (χ2v) is 5.24. The molecule has 8 heteroatoms. The summed E-state index contributed by atoms with van der Waals surface area (Å²) in [6.45, 7) is 0.706. The lowest BCUT2D eigenvalue weighted by Gasteiger charge is -2.08. The van der Waals surface area contributed by atoms with Crippen LogP contribution in [0.2, 0.25) is 0 Å². The quantitative estimate of drug-likeness (QED) is 0.745. The van der Waals surface area contributed by atoms with E-state index in [4.69, 9.17) is 9.47 Å². The van der Waals surface area contributed by atoms with Crippen LogP contribution in [-0.2, 0) is 4.79 Å². The van der Waals surface area contributed by atoms with E-state index in [9.17, 15) is 4.79 Å².